The number of hydrogen-bond acceptors (Lipinski definition) is 8. The Labute approximate surface area is 233 Å². The fourth-order valence-electron chi connectivity index (χ4n) is 5.14. The number of morpholine rings is 1. The van der Waals surface area contributed by atoms with E-state index in [0.717, 1.165) is 24.9 Å². The van der Waals surface area contributed by atoms with Crippen LogP contribution in [0.1, 0.15) is 42.4 Å². The van der Waals surface area contributed by atoms with Gasteiger partial charge in [0.05, 0.1) is 38.5 Å². The molecule has 1 fully saturated rings. The quantitative estimate of drug-likeness (QED) is 0.342. The Bertz CT molecular complexity index is 1370. The normalized spacial score (nSPS) is 18.2. The Morgan fingerprint density at radius 3 is 2.58 bits per heavy atom. The van der Waals surface area contributed by atoms with E-state index in [-0.39, 0.29) is 11.3 Å². The van der Waals surface area contributed by atoms with Gasteiger partial charge in [0.25, 0.3) is 5.91 Å². The summed E-state index contributed by atoms with van der Waals surface area (Å²) in [6.07, 6.45) is 0.893. The second-order valence-electron chi connectivity index (χ2n) is 10.5. The van der Waals surface area contributed by atoms with Crippen molar-refractivity contribution in [2.24, 2.45) is 5.92 Å². The largest absolute Gasteiger partial charge is 0.503 e. The zero-order valence-electron chi connectivity index (χ0n) is 23.2. The molecule has 0 saturated carbocycles. The summed E-state index contributed by atoms with van der Waals surface area (Å²) < 4.78 is 22.9. The highest BCUT2D eigenvalue weighted by atomic mass is 16.5. The molecule has 40 heavy (non-hydrogen) atoms. The van der Waals surface area contributed by atoms with E-state index in [1.807, 2.05) is 24.3 Å². The Kier molecular flexibility index (Phi) is 8.42. The number of hydrogen-bond donors (Lipinski definition) is 1. The van der Waals surface area contributed by atoms with Crippen LogP contribution in [0.2, 0.25) is 0 Å². The Balaban J connectivity index is 1.49. The molecule has 1 atom stereocenters. The van der Waals surface area contributed by atoms with Gasteiger partial charge < -0.3 is 28.6 Å². The van der Waals surface area contributed by atoms with Crippen molar-refractivity contribution in [2.75, 3.05) is 53.1 Å². The van der Waals surface area contributed by atoms with Gasteiger partial charge in [0.15, 0.2) is 23.0 Å². The van der Waals surface area contributed by atoms with Crippen LogP contribution in [0.3, 0.4) is 0 Å². The highest BCUT2D eigenvalue weighted by Gasteiger charge is 2.44. The van der Waals surface area contributed by atoms with Gasteiger partial charge in [0.2, 0.25) is 5.78 Å². The van der Waals surface area contributed by atoms with Crippen LogP contribution in [-0.4, -0.2) is 79.7 Å². The van der Waals surface area contributed by atoms with Gasteiger partial charge in [-0.2, -0.15) is 0 Å². The minimum Gasteiger partial charge on any atom is -0.503 e. The fraction of sp³-hybridized carbons (Fsp3) is 0.419. The summed E-state index contributed by atoms with van der Waals surface area (Å²) in [5, 5.41) is 11.9. The van der Waals surface area contributed by atoms with Crippen molar-refractivity contribution in [3.63, 3.8) is 0 Å². The van der Waals surface area contributed by atoms with Crippen LogP contribution in [0.15, 0.2) is 64.3 Å². The van der Waals surface area contributed by atoms with E-state index >= 15 is 0 Å². The van der Waals surface area contributed by atoms with Crippen LogP contribution in [0.25, 0.3) is 11.0 Å². The molecule has 9 nitrogen and oxygen atoms in total. The number of rotatable bonds is 11. The Hall–Kier alpha value is -3.82. The van der Waals surface area contributed by atoms with E-state index in [0.29, 0.717) is 61.5 Å². The third-order valence-electron chi connectivity index (χ3n) is 7.41. The van der Waals surface area contributed by atoms with Gasteiger partial charge in [-0.25, -0.2) is 0 Å². The maximum absolute atomic E-state index is 13.9. The number of ketones is 1. The van der Waals surface area contributed by atoms with Crippen LogP contribution in [0.4, 0.5) is 0 Å². The maximum Gasteiger partial charge on any atom is 0.290 e. The van der Waals surface area contributed by atoms with Gasteiger partial charge in [0.1, 0.15) is 5.58 Å². The van der Waals surface area contributed by atoms with Crippen molar-refractivity contribution < 1.29 is 33.3 Å². The fourth-order valence-corrected chi connectivity index (χ4v) is 5.14. The average molecular weight is 549 g/mol. The number of aliphatic hydroxyl groups is 1. The third-order valence-corrected chi connectivity index (χ3v) is 7.41. The molecule has 5 rings (SSSR count). The summed E-state index contributed by atoms with van der Waals surface area (Å²) in [7, 11) is 1.55. The molecule has 2 aliphatic heterocycles. The first-order valence-corrected chi connectivity index (χ1v) is 13.8. The molecule has 0 bridgehead atoms. The lowest BCUT2D eigenvalue weighted by atomic mass is 9.94. The molecular formula is C31H36N2O7. The zero-order chi connectivity index (χ0) is 28.2. The van der Waals surface area contributed by atoms with Crippen molar-refractivity contribution >= 4 is 22.7 Å². The molecule has 0 spiro atoms. The predicted molar refractivity (Wildman–Crippen MR) is 150 cm³/mol. The summed E-state index contributed by atoms with van der Waals surface area (Å²) in [6.45, 7) is 8.48. The number of carbonyl (C=O) groups is 2. The molecule has 1 N–H and O–H groups in total. The first-order chi connectivity index (χ1) is 19.4. The molecule has 0 radical (unpaired) electrons. The lowest BCUT2D eigenvalue weighted by Gasteiger charge is -2.31. The number of para-hydroxylation sites is 1. The summed E-state index contributed by atoms with van der Waals surface area (Å²) in [5.41, 5.74) is 1.18. The van der Waals surface area contributed by atoms with Gasteiger partial charge in [-0.05, 0) is 42.2 Å². The van der Waals surface area contributed by atoms with Crippen molar-refractivity contribution in [3.05, 3.63) is 71.2 Å². The molecule has 0 aliphatic carbocycles. The van der Waals surface area contributed by atoms with E-state index in [1.165, 1.54) is 0 Å². The highest BCUT2D eigenvalue weighted by Crippen LogP contribution is 2.42. The van der Waals surface area contributed by atoms with Crippen molar-refractivity contribution in [2.45, 2.75) is 26.3 Å². The standard InChI is InChI=1S/C31H36N2O7/c1-20(2)10-15-39-24-9-8-22(19-25(24)37-3)28-27(29(34)26-18-21-6-4-5-7-23(21)40-26)30(35)31(36)33(28)12-11-32-13-16-38-17-14-32/h4-9,18-20,28,35H,10-17H2,1-3H3/t28-/m1/s1. The molecule has 3 heterocycles. The van der Waals surface area contributed by atoms with Gasteiger partial charge in [-0.15, -0.1) is 0 Å². The first-order valence-electron chi connectivity index (χ1n) is 13.8. The summed E-state index contributed by atoms with van der Waals surface area (Å²) in [5.74, 6) is -0.0520. The molecular weight excluding hydrogens is 512 g/mol. The SMILES string of the molecule is COc1cc([C@@H]2C(C(=O)c3cc4ccccc4o3)=C(O)C(=O)N2CCN2CCOCC2)ccc1OCCC(C)C. The molecule has 3 aromatic rings. The number of amides is 1. The number of methoxy groups -OCH3 is 1. The summed E-state index contributed by atoms with van der Waals surface area (Å²) >= 11 is 0. The van der Waals surface area contributed by atoms with Gasteiger partial charge in [-0.3, -0.25) is 14.5 Å². The minimum atomic E-state index is -0.826. The van der Waals surface area contributed by atoms with Crippen molar-refractivity contribution in [1.82, 2.24) is 9.80 Å². The molecule has 1 amide bonds. The molecule has 0 unspecified atom stereocenters. The maximum atomic E-state index is 13.9. The van der Waals surface area contributed by atoms with E-state index in [1.54, 1.807) is 36.3 Å². The second kappa shape index (κ2) is 12.1. The summed E-state index contributed by atoms with van der Waals surface area (Å²) in [4.78, 5) is 31.1. The number of furan rings is 1. The third kappa shape index (κ3) is 5.71. The number of ether oxygens (including phenoxy) is 3. The number of fused-ring (bicyclic) bond motifs is 1. The van der Waals surface area contributed by atoms with Crippen molar-refractivity contribution in [1.29, 1.82) is 0 Å². The Morgan fingerprint density at radius 2 is 1.85 bits per heavy atom. The average Bonchev–Trinajstić information content (AvgIpc) is 3.51. The van der Waals surface area contributed by atoms with Crippen LogP contribution < -0.4 is 9.47 Å². The molecule has 212 valence electrons. The van der Waals surface area contributed by atoms with Gasteiger partial charge in [-0.1, -0.05) is 38.1 Å². The van der Waals surface area contributed by atoms with E-state index < -0.39 is 23.5 Å². The highest BCUT2D eigenvalue weighted by molar-refractivity contribution is 6.16. The second-order valence-corrected chi connectivity index (χ2v) is 10.5. The number of nitrogens with zero attached hydrogens (tertiary/aromatic N) is 2. The molecule has 1 saturated heterocycles. The van der Waals surface area contributed by atoms with E-state index in [4.69, 9.17) is 18.6 Å². The van der Waals surface area contributed by atoms with E-state index in [9.17, 15) is 14.7 Å². The van der Waals surface area contributed by atoms with Crippen LogP contribution in [-0.2, 0) is 9.53 Å². The number of benzene rings is 2. The smallest absolute Gasteiger partial charge is 0.290 e. The monoisotopic (exact) mass is 548 g/mol. The van der Waals surface area contributed by atoms with Crippen LogP contribution >= 0.6 is 0 Å². The molecule has 2 aliphatic rings. The minimum absolute atomic E-state index is 0.0124. The lowest BCUT2D eigenvalue weighted by molar-refractivity contribution is -0.129. The zero-order valence-corrected chi connectivity index (χ0v) is 23.2. The van der Waals surface area contributed by atoms with E-state index in [2.05, 4.69) is 18.7 Å². The molecule has 1 aromatic heterocycles. The van der Waals surface area contributed by atoms with Crippen molar-refractivity contribution in [3.8, 4) is 11.5 Å². The Morgan fingerprint density at radius 1 is 1.07 bits per heavy atom. The summed E-state index contributed by atoms with van der Waals surface area (Å²) in [6, 6.07) is 13.5. The molecule has 2 aromatic carbocycles. The number of carbonyl (C=O) groups excluding carboxylic acids is 2. The first kappa shape index (κ1) is 27.7. The van der Waals surface area contributed by atoms with Gasteiger partial charge >= 0.3 is 0 Å². The topological polar surface area (TPSA) is 102 Å². The molecule has 9 heteroatoms. The van der Waals surface area contributed by atoms with Crippen LogP contribution in [0.5, 0.6) is 11.5 Å². The number of aliphatic hydroxyl groups excluding tert-OH is 1. The number of Topliss-reactive ketones (excluding diaryl/α,β-unsaturated/α-hetero) is 1. The lowest BCUT2D eigenvalue weighted by Crippen LogP contribution is -2.43. The predicted octanol–water partition coefficient (Wildman–Crippen LogP) is 4.78. The van der Waals surface area contributed by atoms with Gasteiger partial charge in [0, 0.05) is 31.6 Å². The van der Waals surface area contributed by atoms with Crippen LogP contribution in [0, 0.1) is 5.92 Å².